The molecule has 5 heteroatoms. The molecule has 0 aromatic heterocycles. The first-order chi connectivity index (χ1) is 7.70. The summed E-state index contributed by atoms with van der Waals surface area (Å²) in [6, 6.07) is 0. The van der Waals surface area contributed by atoms with E-state index in [2.05, 4.69) is 0 Å². The number of likely N-dealkylation sites (N-methyl/N-ethyl adjacent to an activating group) is 1. The maximum Gasteiger partial charge on any atom is 0.230 e. The molecule has 1 aliphatic rings. The minimum Gasteiger partial charge on any atom is -0.395 e. The number of amides is 1. The molecule has 1 fully saturated rings. The Labute approximate surface area is 96.6 Å². The summed E-state index contributed by atoms with van der Waals surface area (Å²) < 4.78 is 5.27. The van der Waals surface area contributed by atoms with E-state index < -0.39 is 5.41 Å². The van der Waals surface area contributed by atoms with Gasteiger partial charge in [-0.25, -0.2) is 0 Å². The Bertz CT molecular complexity index is 227. The van der Waals surface area contributed by atoms with Gasteiger partial charge >= 0.3 is 0 Å². The van der Waals surface area contributed by atoms with Crippen molar-refractivity contribution in [2.45, 2.75) is 19.8 Å². The van der Waals surface area contributed by atoms with Crippen LogP contribution in [0.5, 0.6) is 0 Å². The molecule has 0 atom stereocenters. The summed E-state index contributed by atoms with van der Waals surface area (Å²) in [6.45, 7) is 4.46. The molecule has 0 spiro atoms. The smallest absolute Gasteiger partial charge is 0.230 e. The van der Waals surface area contributed by atoms with Crippen molar-refractivity contribution in [1.29, 1.82) is 0 Å². The van der Waals surface area contributed by atoms with Gasteiger partial charge in [0.25, 0.3) is 0 Å². The van der Waals surface area contributed by atoms with Crippen molar-refractivity contribution in [3.8, 4) is 0 Å². The first kappa shape index (κ1) is 13.4. The summed E-state index contributed by atoms with van der Waals surface area (Å²) >= 11 is 0. The average molecular weight is 230 g/mol. The fourth-order valence-corrected chi connectivity index (χ4v) is 2.13. The quantitative estimate of drug-likeness (QED) is 0.673. The Morgan fingerprint density at radius 1 is 1.50 bits per heavy atom. The zero-order valence-electron chi connectivity index (χ0n) is 9.95. The molecule has 94 valence electrons. The molecule has 0 saturated carbocycles. The maximum atomic E-state index is 12.4. The van der Waals surface area contributed by atoms with E-state index in [1.807, 2.05) is 6.92 Å². The Morgan fingerprint density at radius 2 is 2.12 bits per heavy atom. The number of nitrogens with zero attached hydrogens (tertiary/aromatic N) is 1. The standard InChI is InChI=1S/C11H22N2O3/c1-2-13(5-6-14)10(15)11(9-12)3-7-16-8-4-11/h14H,2-9,12H2,1H3. The fraction of sp³-hybridized carbons (Fsp3) is 0.909. The molecule has 0 aliphatic carbocycles. The first-order valence-electron chi connectivity index (χ1n) is 5.88. The van der Waals surface area contributed by atoms with Gasteiger partial charge in [-0.15, -0.1) is 0 Å². The molecule has 3 N–H and O–H groups in total. The van der Waals surface area contributed by atoms with Crippen LogP contribution in [0.25, 0.3) is 0 Å². The van der Waals surface area contributed by atoms with Gasteiger partial charge in [0.05, 0.1) is 12.0 Å². The fourth-order valence-electron chi connectivity index (χ4n) is 2.13. The highest BCUT2D eigenvalue weighted by Crippen LogP contribution is 2.31. The van der Waals surface area contributed by atoms with Gasteiger partial charge in [-0.1, -0.05) is 0 Å². The monoisotopic (exact) mass is 230 g/mol. The summed E-state index contributed by atoms with van der Waals surface area (Å²) in [4.78, 5) is 14.0. The zero-order valence-corrected chi connectivity index (χ0v) is 9.95. The first-order valence-corrected chi connectivity index (χ1v) is 5.88. The molecule has 16 heavy (non-hydrogen) atoms. The average Bonchev–Trinajstić information content (AvgIpc) is 2.36. The minimum absolute atomic E-state index is 0.00324. The van der Waals surface area contributed by atoms with Crippen LogP contribution in [0.15, 0.2) is 0 Å². The summed E-state index contributed by atoms with van der Waals surface area (Å²) in [7, 11) is 0. The van der Waals surface area contributed by atoms with E-state index in [1.54, 1.807) is 4.90 Å². The zero-order chi connectivity index (χ0) is 12.0. The van der Waals surface area contributed by atoms with Crippen molar-refractivity contribution in [1.82, 2.24) is 4.90 Å². The van der Waals surface area contributed by atoms with Gasteiger partial charge in [0, 0.05) is 32.8 Å². The Morgan fingerprint density at radius 3 is 2.56 bits per heavy atom. The van der Waals surface area contributed by atoms with Gasteiger partial charge in [0.2, 0.25) is 5.91 Å². The third-order valence-electron chi connectivity index (χ3n) is 3.33. The van der Waals surface area contributed by atoms with Crippen LogP contribution in [-0.2, 0) is 9.53 Å². The maximum absolute atomic E-state index is 12.4. The van der Waals surface area contributed by atoms with E-state index in [9.17, 15) is 4.79 Å². The molecule has 0 aromatic carbocycles. The number of carbonyl (C=O) groups excluding carboxylic acids is 1. The molecule has 0 unspecified atom stereocenters. The molecule has 0 radical (unpaired) electrons. The second-order valence-corrected chi connectivity index (χ2v) is 4.21. The van der Waals surface area contributed by atoms with Crippen molar-refractivity contribution in [3.63, 3.8) is 0 Å². The lowest BCUT2D eigenvalue weighted by atomic mass is 9.79. The largest absolute Gasteiger partial charge is 0.395 e. The highest BCUT2D eigenvalue weighted by atomic mass is 16.5. The van der Waals surface area contributed by atoms with Crippen molar-refractivity contribution in [2.75, 3.05) is 39.5 Å². The lowest BCUT2D eigenvalue weighted by molar-refractivity contribution is -0.147. The lowest BCUT2D eigenvalue weighted by Crippen LogP contribution is -2.51. The Hall–Kier alpha value is -0.650. The third-order valence-corrected chi connectivity index (χ3v) is 3.33. The third kappa shape index (κ3) is 2.72. The number of carbonyl (C=O) groups is 1. The molecule has 1 heterocycles. The summed E-state index contributed by atoms with van der Waals surface area (Å²) in [5, 5.41) is 8.92. The van der Waals surface area contributed by atoms with Crippen molar-refractivity contribution in [3.05, 3.63) is 0 Å². The predicted octanol–water partition coefficient (Wildman–Crippen LogP) is -0.417. The van der Waals surface area contributed by atoms with Gasteiger partial charge in [-0.3, -0.25) is 4.79 Å². The molecular weight excluding hydrogens is 208 g/mol. The highest BCUT2D eigenvalue weighted by molar-refractivity contribution is 5.83. The van der Waals surface area contributed by atoms with Crippen LogP contribution >= 0.6 is 0 Å². The molecule has 0 bridgehead atoms. The van der Waals surface area contributed by atoms with Crippen molar-refractivity contribution < 1.29 is 14.6 Å². The van der Waals surface area contributed by atoms with Gasteiger partial charge in [-0.05, 0) is 19.8 Å². The molecular formula is C11H22N2O3. The van der Waals surface area contributed by atoms with E-state index in [0.717, 1.165) is 0 Å². The molecule has 0 aromatic rings. The Balaban J connectivity index is 2.73. The Kier molecular flexibility index (Phi) is 5.18. The molecule has 1 saturated heterocycles. The SMILES string of the molecule is CCN(CCO)C(=O)C1(CN)CCOCC1. The van der Waals surface area contributed by atoms with E-state index in [1.165, 1.54) is 0 Å². The van der Waals surface area contributed by atoms with Gasteiger partial charge in [0.15, 0.2) is 0 Å². The summed E-state index contributed by atoms with van der Waals surface area (Å²) in [5.41, 5.74) is 5.29. The van der Waals surface area contributed by atoms with Crippen LogP contribution in [0.1, 0.15) is 19.8 Å². The molecule has 5 nitrogen and oxygen atoms in total. The van der Waals surface area contributed by atoms with E-state index >= 15 is 0 Å². The van der Waals surface area contributed by atoms with Crippen LogP contribution < -0.4 is 5.73 Å². The second kappa shape index (κ2) is 6.18. The number of ether oxygens (including phenoxy) is 1. The molecule has 1 aliphatic heterocycles. The van der Waals surface area contributed by atoms with Gasteiger partial charge in [0.1, 0.15) is 0 Å². The van der Waals surface area contributed by atoms with Gasteiger partial charge < -0.3 is 20.5 Å². The normalized spacial score (nSPS) is 19.4. The van der Waals surface area contributed by atoms with Crippen molar-refractivity contribution >= 4 is 5.91 Å². The highest BCUT2D eigenvalue weighted by Gasteiger charge is 2.40. The number of nitrogens with two attached hydrogens (primary N) is 1. The van der Waals surface area contributed by atoms with Crippen molar-refractivity contribution in [2.24, 2.45) is 11.1 Å². The summed E-state index contributed by atoms with van der Waals surface area (Å²) in [5.74, 6) is 0.0647. The van der Waals surface area contributed by atoms with Crippen LogP contribution in [0.3, 0.4) is 0 Å². The van der Waals surface area contributed by atoms with Crippen LogP contribution in [-0.4, -0.2) is 55.4 Å². The number of hydrogen-bond donors (Lipinski definition) is 2. The molecule has 1 amide bonds. The summed E-state index contributed by atoms with van der Waals surface area (Å²) in [6.07, 6.45) is 1.37. The van der Waals surface area contributed by atoms with Crippen LogP contribution in [0.2, 0.25) is 0 Å². The lowest BCUT2D eigenvalue weighted by Gasteiger charge is -2.38. The number of rotatable bonds is 5. The van der Waals surface area contributed by atoms with E-state index in [4.69, 9.17) is 15.6 Å². The number of aliphatic hydroxyl groups is 1. The van der Waals surface area contributed by atoms with Gasteiger partial charge in [-0.2, -0.15) is 0 Å². The minimum atomic E-state index is -0.469. The van der Waals surface area contributed by atoms with E-state index in [0.29, 0.717) is 45.7 Å². The van der Waals surface area contributed by atoms with E-state index in [-0.39, 0.29) is 12.5 Å². The topological polar surface area (TPSA) is 75.8 Å². The van der Waals surface area contributed by atoms with Crippen LogP contribution in [0, 0.1) is 5.41 Å². The number of hydrogen-bond acceptors (Lipinski definition) is 4. The second-order valence-electron chi connectivity index (χ2n) is 4.21. The predicted molar refractivity (Wildman–Crippen MR) is 60.9 cm³/mol. The molecule has 1 rings (SSSR count). The number of aliphatic hydroxyl groups excluding tert-OH is 1. The van der Waals surface area contributed by atoms with Crippen LogP contribution in [0.4, 0.5) is 0 Å².